The molecule has 1 unspecified atom stereocenters. The van der Waals surface area contributed by atoms with Gasteiger partial charge in [0.1, 0.15) is 11.9 Å². The summed E-state index contributed by atoms with van der Waals surface area (Å²) < 4.78 is 5.23. The monoisotopic (exact) mass is 425 g/mol. The molecular formula is C21H32ClN3O2S. The molecule has 1 aliphatic heterocycles. The average Bonchev–Trinajstić information content (AvgIpc) is 2.86. The quantitative estimate of drug-likeness (QED) is 0.649. The van der Waals surface area contributed by atoms with E-state index >= 15 is 0 Å². The van der Waals surface area contributed by atoms with Crippen molar-refractivity contribution in [3.63, 3.8) is 0 Å². The molecule has 1 amide bonds. The lowest BCUT2D eigenvalue weighted by molar-refractivity contribution is -0.133. The van der Waals surface area contributed by atoms with Crippen LogP contribution in [0, 0.1) is 0 Å². The molecule has 1 saturated carbocycles. The zero-order chi connectivity index (χ0) is 19.2. The molecule has 2 aliphatic rings. The Morgan fingerprint density at radius 3 is 2.43 bits per heavy atom. The molecule has 28 heavy (non-hydrogen) atoms. The fraction of sp³-hybridized carbons (Fsp3) is 0.619. The highest BCUT2D eigenvalue weighted by molar-refractivity contribution is 8.14. The lowest BCUT2D eigenvalue weighted by atomic mass is 10.1. The fourth-order valence-electron chi connectivity index (χ4n) is 3.81. The van der Waals surface area contributed by atoms with Gasteiger partial charge in [0.2, 0.25) is 5.91 Å². The van der Waals surface area contributed by atoms with Crippen LogP contribution in [0.3, 0.4) is 0 Å². The summed E-state index contributed by atoms with van der Waals surface area (Å²) in [6.07, 6.45) is 7.71. The third kappa shape index (κ3) is 5.80. The van der Waals surface area contributed by atoms with Crippen LogP contribution in [0.1, 0.15) is 51.0 Å². The number of aliphatic imine (C=N–C) groups is 1. The minimum atomic E-state index is 0. The molecule has 0 radical (unpaired) electrons. The van der Waals surface area contributed by atoms with Crippen LogP contribution in [0.4, 0.5) is 0 Å². The Bertz CT molecular complexity index is 660. The first-order valence-corrected chi connectivity index (χ1v) is 10.9. The van der Waals surface area contributed by atoms with Gasteiger partial charge in [-0.3, -0.25) is 9.79 Å². The Morgan fingerprint density at radius 2 is 1.86 bits per heavy atom. The molecule has 2 fully saturated rings. The largest absolute Gasteiger partial charge is 0.497 e. The van der Waals surface area contributed by atoms with Gasteiger partial charge >= 0.3 is 0 Å². The number of halogens is 1. The lowest BCUT2D eigenvalue weighted by Crippen LogP contribution is -2.47. The van der Waals surface area contributed by atoms with Gasteiger partial charge in [-0.15, -0.1) is 12.4 Å². The van der Waals surface area contributed by atoms with E-state index in [0.717, 1.165) is 22.2 Å². The molecule has 0 bridgehead atoms. The van der Waals surface area contributed by atoms with Crippen LogP contribution in [-0.2, 0) is 11.3 Å². The molecule has 1 aliphatic carbocycles. The van der Waals surface area contributed by atoms with E-state index in [2.05, 4.69) is 11.9 Å². The lowest BCUT2D eigenvalue weighted by Gasteiger charge is -2.33. The second kappa shape index (κ2) is 11.0. The van der Waals surface area contributed by atoms with Gasteiger partial charge in [-0.05, 0) is 30.5 Å². The van der Waals surface area contributed by atoms with Crippen molar-refractivity contribution in [3.8, 4) is 5.75 Å². The molecule has 1 aromatic rings. The second-order valence-electron chi connectivity index (χ2n) is 7.45. The van der Waals surface area contributed by atoms with Crippen LogP contribution in [0.15, 0.2) is 29.3 Å². The van der Waals surface area contributed by atoms with Crippen molar-refractivity contribution in [1.82, 2.24) is 9.80 Å². The first-order valence-electron chi connectivity index (χ1n) is 9.92. The topological polar surface area (TPSA) is 45.1 Å². The Labute approximate surface area is 179 Å². The molecule has 1 heterocycles. The number of amides is 1. The summed E-state index contributed by atoms with van der Waals surface area (Å²) in [4.78, 5) is 21.6. The van der Waals surface area contributed by atoms with Crippen molar-refractivity contribution >= 4 is 35.2 Å². The maximum Gasteiger partial charge on any atom is 0.221 e. The van der Waals surface area contributed by atoms with Crippen LogP contribution in [0.5, 0.6) is 5.75 Å². The Morgan fingerprint density at radius 1 is 1.21 bits per heavy atom. The number of carbonyl (C=O) groups excluding carboxylic acids is 1. The predicted molar refractivity (Wildman–Crippen MR) is 119 cm³/mol. The smallest absolute Gasteiger partial charge is 0.221 e. The maximum absolute atomic E-state index is 12.4. The molecule has 3 rings (SSSR count). The summed E-state index contributed by atoms with van der Waals surface area (Å²) >= 11 is 1.78. The number of carbonyl (C=O) groups is 1. The van der Waals surface area contributed by atoms with Gasteiger partial charge < -0.3 is 14.5 Å². The van der Waals surface area contributed by atoms with E-state index in [0.29, 0.717) is 12.6 Å². The van der Waals surface area contributed by atoms with Gasteiger partial charge in [0, 0.05) is 26.3 Å². The number of hydrogen-bond donors (Lipinski definition) is 0. The summed E-state index contributed by atoms with van der Waals surface area (Å²) in [5, 5.41) is 1.09. The van der Waals surface area contributed by atoms with E-state index < -0.39 is 0 Å². The summed E-state index contributed by atoms with van der Waals surface area (Å²) in [7, 11) is 3.74. The summed E-state index contributed by atoms with van der Waals surface area (Å²) in [5.74, 6) is 1.80. The molecule has 7 heteroatoms. The molecule has 0 N–H and O–H groups in total. The highest BCUT2D eigenvalue weighted by atomic mass is 35.5. The second-order valence-corrected chi connectivity index (χ2v) is 8.44. The molecule has 5 nitrogen and oxygen atoms in total. The van der Waals surface area contributed by atoms with E-state index in [1.54, 1.807) is 25.8 Å². The number of nitrogens with zero attached hydrogens (tertiary/aromatic N) is 3. The van der Waals surface area contributed by atoms with Crippen molar-refractivity contribution in [2.24, 2.45) is 4.99 Å². The van der Waals surface area contributed by atoms with Gasteiger partial charge in [-0.2, -0.15) is 0 Å². The molecule has 1 aromatic carbocycles. The number of ether oxygens (including phenoxy) is 1. The number of thioether (sulfide) groups is 1. The van der Waals surface area contributed by atoms with Gasteiger partial charge in [-0.1, -0.05) is 49.6 Å². The summed E-state index contributed by atoms with van der Waals surface area (Å²) in [6, 6.07) is 8.39. The van der Waals surface area contributed by atoms with Gasteiger partial charge in [-0.25, -0.2) is 0 Å². The van der Waals surface area contributed by atoms with Crippen molar-refractivity contribution in [3.05, 3.63) is 29.8 Å². The third-order valence-electron chi connectivity index (χ3n) is 5.50. The predicted octanol–water partition coefficient (Wildman–Crippen LogP) is 4.55. The van der Waals surface area contributed by atoms with Crippen molar-refractivity contribution in [1.29, 1.82) is 0 Å². The standard InChI is InChI=1S/C21H31N3O2S.ClH/c1-16(25)24(14-17-10-12-19(26-3)13-11-17)20-15-27-21(23(20)2)22-18-8-6-4-5-7-9-18;/h10-13,18,20H,4-9,14-15H2,1-3H3;1H. The highest BCUT2D eigenvalue weighted by Gasteiger charge is 2.34. The molecule has 1 atom stereocenters. The normalized spacial score (nSPS) is 21.9. The summed E-state index contributed by atoms with van der Waals surface area (Å²) in [6.45, 7) is 2.26. The van der Waals surface area contributed by atoms with E-state index in [4.69, 9.17) is 9.73 Å². The average molecular weight is 426 g/mol. The third-order valence-corrected chi connectivity index (χ3v) is 6.62. The van der Waals surface area contributed by atoms with E-state index in [1.807, 2.05) is 29.2 Å². The van der Waals surface area contributed by atoms with Crippen molar-refractivity contribution in [2.45, 2.75) is 64.2 Å². The first-order chi connectivity index (χ1) is 13.1. The Kier molecular flexibility index (Phi) is 8.96. The van der Waals surface area contributed by atoms with Crippen LogP contribution in [0.2, 0.25) is 0 Å². The molecule has 0 spiro atoms. The molecule has 1 saturated heterocycles. The van der Waals surface area contributed by atoms with Crippen LogP contribution in [-0.4, -0.2) is 53.0 Å². The van der Waals surface area contributed by atoms with Crippen molar-refractivity contribution in [2.75, 3.05) is 19.9 Å². The Hall–Kier alpha value is -1.40. The SMILES string of the molecule is COc1ccc(CN(C(C)=O)C2CSC(=NC3CCCCCC3)N2C)cc1.Cl. The van der Waals surface area contributed by atoms with Gasteiger partial charge in [0.15, 0.2) is 5.17 Å². The zero-order valence-electron chi connectivity index (χ0n) is 17.1. The van der Waals surface area contributed by atoms with E-state index in [-0.39, 0.29) is 24.5 Å². The zero-order valence-corrected chi connectivity index (χ0v) is 18.7. The van der Waals surface area contributed by atoms with Crippen LogP contribution in [0.25, 0.3) is 0 Å². The number of benzene rings is 1. The number of rotatable bonds is 5. The first kappa shape index (κ1) is 22.9. The number of hydrogen-bond acceptors (Lipinski definition) is 4. The van der Waals surface area contributed by atoms with E-state index in [1.165, 1.54) is 38.5 Å². The van der Waals surface area contributed by atoms with Crippen LogP contribution < -0.4 is 4.74 Å². The Balaban J connectivity index is 0.00000280. The van der Waals surface area contributed by atoms with E-state index in [9.17, 15) is 4.79 Å². The number of methoxy groups -OCH3 is 1. The highest BCUT2D eigenvalue weighted by Crippen LogP contribution is 2.29. The summed E-state index contributed by atoms with van der Waals surface area (Å²) in [5.41, 5.74) is 1.11. The molecular weight excluding hydrogens is 394 g/mol. The minimum Gasteiger partial charge on any atom is -0.497 e. The molecule has 0 aromatic heterocycles. The maximum atomic E-state index is 12.4. The van der Waals surface area contributed by atoms with Crippen LogP contribution >= 0.6 is 24.2 Å². The number of amidine groups is 1. The minimum absolute atomic E-state index is 0. The van der Waals surface area contributed by atoms with Gasteiger partial charge in [0.25, 0.3) is 0 Å². The fourth-order valence-corrected chi connectivity index (χ4v) is 5.07. The van der Waals surface area contributed by atoms with Gasteiger partial charge in [0.05, 0.1) is 13.2 Å². The molecule has 156 valence electrons. The van der Waals surface area contributed by atoms with Crippen molar-refractivity contribution < 1.29 is 9.53 Å².